The van der Waals surface area contributed by atoms with Crippen LogP contribution in [-0.4, -0.2) is 17.6 Å². The van der Waals surface area contributed by atoms with Crippen LogP contribution < -0.4 is 11.1 Å². The molecule has 0 unspecified atom stereocenters. The zero-order valence-corrected chi connectivity index (χ0v) is 10.6. The van der Waals surface area contributed by atoms with Crippen molar-refractivity contribution in [1.82, 2.24) is 5.32 Å². The molecule has 4 heteroatoms. The predicted molar refractivity (Wildman–Crippen MR) is 72.6 cm³/mol. The Morgan fingerprint density at radius 2 is 2.28 bits per heavy atom. The summed E-state index contributed by atoms with van der Waals surface area (Å²) in [6.07, 6.45) is 5.48. The van der Waals surface area contributed by atoms with Gasteiger partial charge in [0, 0.05) is 12.1 Å². The number of rotatable bonds is 7. The summed E-state index contributed by atoms with van der Waals surface area (Å²) in [5.74, 6) is 1.17. The van der Waals surface area contributed by atoms with Gasteiger partial charge in [0.15, 0.2) is 5.84 Å². The summed E-state index contributed by atoms with van der Waals surface area (Å²) in [5.41, 5.74) is 7.48. The fourth-order valence-electron chi connectivity index (χ4n) is 2.05. The Morgan fingerprint density at radius 1 is 1.44 bits per heavy atom. The van der Waals surface area contributed by atoms with Gasteiger partial charge in [-0.2, -0.15) is 0 Å². The third kappa shape index (κ3) is 4.04. The van der Waals surface area contributed by atoms with Crippen molar-refractivity contribution in [2.75, 3.05) is 6.54 Å². The monoisotopic (exact) mass is 247 g/mol. The summed E-state index contributed by atoms with van der Waals surface area (Å²) < 4.78 is 0. The number of hydrogen-bond acceptors (Lipinski definition) is 3. The topological polar surface area (TPSA) is 70.6 Å². The van der Waals surface area contributed by atoms with Gasteiger partial charge in [-0.05, 0) is 36.9 Å². The zero-order valence-electron chi connectivity index (χ0n) is 10.6. The maximum absolute atomic E-state index is 8.63. The number of nitrogens with zero attached hydrogens (tertiary/aromatic N) is 1. The molecule has 1 aromatic carbocycles. The quantitative estimate of drug-likeness (QED) is 0.227. The molecule has 1 aliphatic carbocycles. The first-order valence-corrected chi connectivity index (χ1v) is 6.57. The smallest absolute Gasteiger partial charge is 0.170 e. The standard InChI is InChI=1S/C14H21N3O/c15-14(17-18)13-5-1-3-12(9-13)10-16-8-2-4-11-6-7-11/h1,3,5,9,11,16,18H,2,4,6-8,10H2,(H2,15,17). The minimum atomic E-state index is 0.158. The summed E-state index contributed by atoms with van der Waals surface area (Å²) >= 11 is 0. The van der Waals surface area contributed by atoms with E-state index in [2.05, 4.69) is 10.5 Å². The largest absolute Gasteiger partial charge is 0.409 e. The Hall–Kier alpha value is -1.55. The highest BCUT2D eigenvalue weighted by Gasteiger charge is 2.19. The maximum Gasteiger partial charge on any atom is 0.170 e. The molecule has 98 valence electrons. The lowest BCUT2D eigenvalue weighted by atomic mass is 10.1. The SMILES string of the molecule is N/C(=N/O)c1cccc(CNCCCC2CC2)c1. The molecule has 0 aliphatic heterocycles. The number of nitrogens with one attached hydrogen (secondary N) is 1. The number of nitrogens with two attached hydrogens (primary N) is 1. The van der Waals surface area contributed by atoms with Crippen molar-refractivity contribution in [2.45, 2.75) is 32.2 Å². The molecule has 0 heterocycles. The van der Waals surface area contributed by atoms with Crippen LogP contribution in [0.25, 0.3) is 0 Å². The Bertz CT molecular complexity index is 413. The van der Waals surface area contributed by atoms with E-state index >= 15 is 0 Å². The van der Waals surface area contributed by atoms with E-state index in [1.807, 2.05) is 24.3 Å². The van der Waals surface area contributed by atoms with Crippen LogP contribution in [0.4, 0.5) is 0 Å². The van der Waals surface area contributed by atoms with Crippen LogP contribution in [0.5, 0.6) is 0 Å². The molecule has 18 heavy (non-hydrogen) atoms. The average Bonchev–Trinajstić information content (AvgIpc) is 3.22. The Morgan fingerprint density at radius 3 is 3.00 bits per heavy atom. The van der Waals surface area contributed by atoms with E-state index < -0.39 is 0 Å². The van der Waals surface area contributed by atoms with Gasteiger partial charge in [0.25, 0.3) is 0 Å². The third-order valence-corrected chi connectivity index (χ3v) is 3.32. The first kappa shape index (κ1) is 12.9. The highest BCUT2D eigenvalue weighted by Crippen LogP contribution is 2.33. The Balaban J connectivity index is 1.74. The fraction of sp³-hybridized carbons (Fsp3) is 0.500. The van der Waals surface area contributed by atoms with Crippen LogP contribution >= 0.6 is 0 Å². The molecule has 0 aromatic heterocycles. The van der Waals surface area contributed by atoms with Crippen LogP contribution in [0.3, 0.4) is 0 Å². The minimum Gasteiger partial charge on any atom is -0.409 e. The summed E-state index contributed by atoms with van der Waals surface area (Å²) in [6.45, 7) is 1.89. The molecular weight excluding hydrogens is 226 g/mol. The highest BCUT2D eigenvalue weighted by atomic mass is 16.4. The number of hydrogen-bond donors (Lipinski definition) is 3. The van der Waals surface area contributed by atoms with Crippen molar-refractivity contribution in [3.8, 4) is 0 Å². The molecule has 1 aliphatic rings. The van der Waals surface area contributed by atoms with Crippen LogP contribution in [0.2, 0.25) is 0 Å². The molecule has 0 radical (unpaired) electrons. The van der Waals surface area contributed by atoms with E-state index in [1.165, 1.54) is 25.7 Å². The number of oxime groups is 1. The maximum atomic E-state index is 8.63. The molecule has 1 saturated carbocycles. The molecule has 2 rings (SSSR count). The van der Waals surface area contributed by atoms with Crippen molar-refractivity contribution in [2.24, 2.45) is 16.8 Å². The molecule has 4 nitrogen and oxygen atoms in total. The van der Waals surface area contributed by atoms with Gasteiger partial charge in [0.2, 0.25) is 0 Å². The highest BCUT2D eigenvalue weighted by molar-refractivity contribution is 5.97. The van der Waals surface area contributed by atoms with Crippen molar-refractivity contribution < 1.29 is 5.21 Å². The van der Waals surface area contributed by atoms with Crippen molar-refractivity contribution >= 4 is 5.84 Å². The lowest BCUT2D eigenvalue weighted by molar-refractivity contribution is 0.318. The minimum absolute atomic E-state index is 0.158. The van der Waals surface area contributed by atoms with Gasteiger partial charge >= 0.3 is 0 Å². The van der Waals surface area contributed by atoms with Crippen molar-refractivity contribution in [3.05, 3.63) is 35.4 Å². The van der Waals surface area contributed by atoms with Crippen molar-refractivity contribution in [1.29, 1.82) is 0 Å². The molecule has 0 amide bonds. The van der Waals surface area contributed by atoms with Crippen LogP contribution in [-0.2, 0) is 6.54 Å². The molecular formula is C14H21N3O. The zero-order chi connectivity index (χ0) is 12.8. The van der Waals surface area contributed by atoms with E-state index in [0.29, 0.717) is 0 Å². The van der Waals surface area contributed by atoms with Crippen molar-refractivity contribution in [3.63, 3.8) is 0 Å². The van der Waals surface area contributed by atoms with Gasteiger partial charge in [-0.15, -0.1) is 0 Å². The third-order valence-electron chi connectivity index (χ3n) is 3.32. The number of amidine groups is 1. The van der Waals surface area contributed by atoms with Gasteiger partial charge in [0.05, 0.1) is 0 Å². The summed E-state index contributed by atoms with van der Waals surface area (Å²) in [6, 6.07) is 7.76. The molecule has 0 saturated heterocycles. The van der Waals surface area contributed by atoms with Gasteiger partial charge in [-0.3, -0.25) is 0 Å². The summed E-state index contributed by atoms with van der Waals surface area (Å²) in [7, 11) is 0. The second-order valence-corrected chi connectivity index (χ2v) is 4.95. The molecule has 1 fully saturated rings. The molecule has 0 spiro atoms. The molecule has 4 N–H and O–H groups in total. The Kier molecular flexibility index (Phi) is 4.59. The number of benzene rings is 1. The van der Waals surface area contributed by atoms with E-state index in [0.717, 1.165) is 30.1 Å². The van der Waals surface area contributed by atoms with Gasteiger partial charge in [-0.25, -0.2) is 0 Å². The predicted octanol–water partition coefficient (Wildman–Crippen LogP) is 2.06. The molecule has 0 atom stereocenters. The molecule has 1 aromatic rings. The first-order valence-electron chi connectivity index (χ1n) is 6.57. The second kappa shape index (κ2) is 6.40. The fourth-order valence-corrected chi connectivity index (χ4v) is 2.05. The van der Waals surface area contributed by atoms with E-state index in [9.17, 15) is 0 Å². The van der Waals surface area contributed by atoms with Crippen LogP contribution in [0.1, 0.15) is 36.8 Å². The van der Waals surface area contributed by atoms with Gasteiger partial charge in [-0.1, -0.05) is 36.2 Å². The van der Waals surface area contributed by atoms with Gasteiger partial charge in [0.1, 0.15) is 0 Å². The summed E-state index contributed by atoms with van der Waals surface area (Å²) in [4.78, 5) is 0. The lowest BCUT2D eigenvalue weighted by Crippen LogP contribution is -2.16. The normalized spacial score (nSPS) is 15.9. The summed E-state index contributed by atoms with van der Waals surface area (Å²) in [5, 5.41) is 15.1. The second-order valence-electron chi connectivity index (χ2n) is 4.95. The first-order chi connectivity index (χ1) is 8.79. The molecule has 0 bridgehead atoms. The lowest BCUT2D eigenvalue weighted by Gasteiger charge is -2.06. The van der Waals surface area contributed by atoms with E-state index in [4.69, 9.17) is 10.9 Å². The van der Waals surface area contributed by atoms with Crippen LogP contribution in [0.15, 0.2) is 29.4 Å². The van der Waals surface area contributed by atoms with Gasteiger partial charge < -0.3 is 16.3 Å². The van der Waals surface area contributed by atoms with E-state index in [1.54, 1.807) is 0 Å². The average molecular weight is 247 g/mol. The van der Waals surface area contributed by atoms with E-state index in [-0.39, 0.29) is 5.84 Å². The van der Waals surface area contributed by atoms with Crippen LogP contribution in [0, 0.1) is 5.92 Å². The Labute approximate surface area is 108 Å².